The van der Waals surface area contributed by atoms with Gasteiger partial charge in [0.05, 0.1) is 0 Å². The van der Waals surface area contributed by atoms with Crippen LogP contribution in [0.1, 0.15) is 0 Å². The molecule has 132 valence electrons. The van der Waals surface area contributed by atoms with Crippen molar-refractivity contribution in [2.24, 2.45) is 0 Å². The molecule has 1 saturated heterocycles. The van der Waals surface area contributed by atoms with E-state index < -0.39 is 48.3 Å². The fraction of sp³-hybridized carbons (Fsp3) is 0.667. The molecule has 1 aliphatic heterocycles. The van der Waals surface area contributed by atoms with Gasteiger partial charge in [0.2, 0.25) is 0 Å². The van der Waals surface area contributed by atoms with E-state index >= 15 is 0 Å². The third kappa shape index (κ3) is 5.56. The highest BCUT2D eigenvalue weighted by Crippen LogP contribution is 2.14. The van der Waals surface area contributed by atoms with E-state index in [9.17, 15) is 19.2 Å². The first kappa shape index (κ1) is 20.9. The highest BCUT2D eigenvalue weighted by atomic mass is 16.7. The minimum absolute atomic E-state index is 0.690. The lowest BCUT2D eigenvalue weighted by atomic mass is 10.2. The molecule has 0 amide bonds. The molecule has 23 heavy (non-hydrogen) atoms. The second-order valence-electron chi connectivity index (χ2n) is 4.04. The Kier molecular flexibility index (Phi) is 8.95. The number of methoxy groups -OCH3 is 4. The summed E-state index contributed by atoms with van der Waals surface area (Å²) in [7, 11) is 4.84. The molecule has 1 aliphatic rings. The van der Waals surface area contributed by atoms with Gasteiger partial charge in [-0.15, -0.1) is 0 Å². The third-order valence-corrected chi connectivity index (χ3v) is 2.72. The third-order valence-electron chi connectivity index (χ3n) is 2.72. The first-order valence-corrected chi connectivity index (χ1v) is 6.07. The van der Waals surface area contributed by atoms with Crippen LogP contribution in [0.3, 0.4) is 0 Å². The Hall–Kier alpha value is -2.08. The van der Waals surface area contributed by atoms with Gasteiger partial charge in [0.1, 0.15) is 0 Å². The van der Waals surface area contributed by atoms with Gasteiger partial charge in [-0.3, -0.25) is 0 Å². The highest BCUT2D eigenvalue weighted by Gasteiger charge is 2.45. The zero-order chi connectivity index (χ0) is 18.2. The minimum Gasteiger partial charge on any atom is -0.479 e. The lowest BCUT2D eigenvalue weighted by Gasteiger charge is -2.16. The number of cyclic esters (lactones) is 2. The van der Waals surface area contributed by atoms with Crippen LogP contribution in [0.25, 0.3) is 0 Å². The first-order chi connectivity index (χ1) is 10.7. The smallest absolute Gasteiger partial charge is 0.346 e. The van der Waals surface area contributed by atoms with Crippen molar-refractivity contribution in [3.05, 3.63) is 0 Å². The van der Waals surface area contributed by atoms with Gasteiger partial charge in [-0.1, -0.05) is 0 Å². The Labute approximate surface area is 131 Å². The number of carboxylic acid groups (broad SMARTS) is 2. The molecule has 4 atom stereocenters. The Morgan fingerprint density at radius 1 is 0.870 bits per heavy atom. The molecule has 11 nitrogen and oxygen atoms in total. The number of esters is 2. The topological polar surface area (TPSA) is 155 Å². The molecule has 0 spiro atoms. The zero-order valence-corrected chi connectivity index (χ0v) is 12.9. The summed E-state index contributed by atoms with van der Waals surface area (Å²) in [5, 5.41) is 16.9. The second kappa shape index (κ2) is 9.84. The van der Waals surface area contributed by atoms with Crippen molar-refractivity contribution in [2.45, 2.75) is 24.4 Å². The summed E-state index contributed by atoms with van der Waals surface area (Å²) in [5.74, 6) is -4.12. The number of aliphatic carboxylic acids is 2. The van der Waals surface area contributed by atoms with E-state index in [1.54, 1.807) is 0 Å². The van der Waals surface area contributed by atoms with E-state index in [-0.39, 0.29) is 0 Å². The SMILES string of the molecule is COC(C(=O)O)C(OC)C(=O)O.COC1C(=O)OC(=O)C1OC. The van der Waals surface area contributed by atoms with Crippen molar-refractivity contribution in [1.82, 2.24) is 0 Å². The monoisotopic (exact) mass is 338 g/mol. The molecule has 0 aromatic heterocycles. The van der Waals surface area contributed by atoms with Crippen molar-refractivity contribution in [2.75, 3.05) is 28.4 Å². The molecule has 0 bridgehead atoms. The number of ether oxygens (including phenoxy) is 5. The van der Waals surface area contributed by atoms with Crippen molar-refractivity contribution in [3.63, 3.8) is 0 Å². The van der Waals surface area contributed by atoms with Crippen molar-refractivity contribution in [3.8, 4) is 0 Å². The van der Waals surface area contributed by atoms with Crippen LogP contribution in [0.15, 0.2) is 0 Å². The molecule has 0 radical (unpaired) electrons. The van der Waals surface area contributed by atoms with E-state index in [0.29, 0.717) is 0 Å². The number of rotatable bonds is 7. The molecule has 1 heterocycles. The molecule has 0 saturated carbocycles. The Morgan fingerprint density at radius 2 is 1.17 bits per heavy atom. The molecular formula is C12H18O11. The van der Waals surface area contributed by atoms with Crippen molar-refractivity contribution >= 4 is 23.9 Å². The molecule has 0 aromatic rings. The summed E-state index contributed by atoms with van der Waals surface area (Å²) in [6.45, 7) is 0. The van der Waals surface area contributed by atoms with Crippen LogP contribution in [0.5, 0.6) is 0 Å². The van der Waals surface area contributed by atoms with Crippen molar-refractivity contribution in [1.29, 1.82) is 0 Å². The van der Waals surface area contributed by atoms with Gasteiger partial charge in [0.25, 0.3) is 0 Å². The lowest BCUT2D eigenvalue weighted by molar-refractivity contribution is -0.171. The van der Waals surface area contributed by atoms with E-state index in [2.05, 4.69) is 23.7 Å². The minimum atomic E-state index is -1.48. The summed E-state index contributed by atoms with van der Waals surface area (Å²) in [6, 6.07) is 0. The average molecular weight is 338 g/mol. The molecule has 0 aliphatic carbocycles. The van der Waals surface area contributed by atoms with Gasteiger partial charge in [0, 0.05) is 28.4 Å². The van der Waals surface area contributed by atoms with E-state index in [4.69, 9.17) is 10.2 Å². The molecule has 1 rings (SSSR count). The van der Waals surface area contributed by atoms with Crippen LogP contribution in [-0.2, 0) is 42.9 Å². The molecule has 11 heteroatoms. The van der Waals surface area contributed by atoms with Crippen LogP contribution >= 0.6 is 0 Å². The van der Waals surface area contributed by atoms with E-state index in [0.717, 1.165) is 14.2 Å². The first-order valence-electron chi connectivity index (χ1n) is 6.07. The van der Waals surface area contributed by atoms with Gasteiger partial charge in [-0.25, -0.2) is 19.2 Å². The van der Waals surface area contributed by atoms with Crippen LogP contribution < -0.4 is 0 Å². The molecular weight excluding hydrogens is 320 g/mol. The summed E-state index contributed by atoms with van der Waals surface area (Å²) in [4.78, 5) is 42.2. The molecule has 0 aromatic carbocycles. The Bertz CT molecular complexity index is 406. The lowest BCUT2D eigenvalue weighted by Crippen LogP contribution is -2.42. The van der Waals surface area contributed by atoms with Gasteiger partial charge in [-0.2, -0.15) is 0 Å². The maximum Gasteiger partial charge on any atom is 0.346 e. The predicted molar refractivity (Wildman–Crippen MR) is 69.6 cm³/mol. The molecule has 4 unspecified atom stereocenters. The summed E-state index contributed by atoms with van der Waals surface area (Å²) in [6.07, 6.45) is -4.78. The van der Waals surface area contributed by atoms with Crippen LogP contribution in [-0.4, -0.2) is 86.9 Å². The maximum absolute atomic E-state index is 10.7. The van der Waals surface area contributed by atoms with E-state index in [1.807, 2.05) is 0 Å². The summed E-state index contributed by atoms with van der Waals surface area (Å²) < 4.78 is 22.4. The highest BCUT2D eigenvalue weighted by molar-refractivity contribution is 5.99. The van der Waals surface area contributed by atoms with Gasteiger partial charge < -0.3 is 33.9 Å². The Morgan fingerprint density at radius 3 is 1.35 bits per heavy atom. The number of hydrogen-bond acceptors (Lipinski definition) is 9. The van der Waals surface area contributed by atoms with Gasteiger partial charge >= 0.3 is 23.9 Å². The second-order valence-corrected chi connectivity index (χ2v) is 4.04. The van der Waals surface area contributed by atoms with Gasteiger partial charge in [-0.05, 0) is 0 Å². The number of carbonyl (C=O) groups excluding carboxylic acids is 2. The van der Waals surface area contributed by atoms with Crippen molar-refractivity contribution < 1.29 is 53.1 Å². The number of hydrogen-bond donors (Lipinski definition) is 2. The quantitative estimate of drug-likeness (QED) is 0.402. The summed E-state index contributed by atoms with van der Waals surface area (Å²) in [5.41, 5.74) is 0. The average Bonchev–Trinajstić information content (AvgIpc) is 2.77. The Balaban J connectivity index is 0.000000422. The standard InChI is InChI=1S/C6H10O6.C6H8O5/c1-11-3(5(7)8)4(12-2)6(9)10;1-9-3-4(10-2)6(8)11-5(3)7/h3-4H,1-2H3,(H,7,8)(H,9,10);3-4H,1-2H3. The number of carboxylic acids is 2. The largest absolute Gasteiger partial charge is 0.479 e. The number of carbonyl (C=O) groups is 4. The normalized spacial score (nSPS) is 22.6. The fourth-order valence-electron chi connectivity index (χ4n) is 1.61. The van der Waals surface area contributed by atoms with E-state index in [1.165, 1.54) is 14.2 Å². The maximum atomic E-state index is 10.7. The predicted octanol–water partition coefficient (Wildman–Crippen LogP) is -1.71. The van der Waals surface area contributed by atoms with Crippen LogP contribution in [0, 0.1) is 0 Å². The van der Waals surface area contributed by atoms with Crippen LogP contribution in [0.2, 0.25) is 0 Å². The molecule has 2 N–H and O–H groups in total. The molecule has 1 fully saturated rings. The fourth-order valence-corrected chi connectivity index (χ4v) is 1.61. The van der Waals surface area contributed by atoms with Crippen LogP contribution in [0.4, 0.5) is 0 Å². The zero-order valence-electron chi connectivity index (χ0n) is 12.9. The summed E-state index contributed by atoms with van der Waals surface area (Å²) >= 11 is 0. The van der Waals surface area contributed by atoms with Gasteiger partial charge in [0.15, 0.2) is 24.4 Å².